The first-order valence-corrected chi connectivity index (χ1v) is 11.5. The number of aryl methyl sites for hydroxylation is 1. The number of rotatable bonds is 5. The van der Waals surface area contributed by atoms with Gasteiger partial charge in [-0.3, -0.25) is 4.79 Å². The number of ether oxygens (including phenoxy) is 1. The van der Waals surface area contributed by atoms with Crippen LogP contribution >= 0.6 is 22.6 Å². The topological polar surface area (TPSA) is 75.7 Å². The minimum atomic E-state index is -3.64. The van der Waals surface area contributed by atoms with Gasteiger partial charge in [0, 0.05) is 22.3 Å². The summed E-state index contributed by atoms with van der Waals surface area (Å²) in [5.74, 6) is 0.0853. The molecule has 28 heavy (non-hydrogen) atoms. The van der Waals surface area contributed by atoms with E-state index in [-0.39, 0.29) is 23.3 Å². The molecule has 1 aliphatic heterocycles. The van der Waals surface area contributed by atoms with Crippen molar-refractivity contribution in [2.45, 2.75) is 24.7 Å². The molecule has 1 fully saturated rings. The molecule has 2 aromatic carbocycles. The highest BCUT2D eigenvalue weighted by molar-refractivity contribution is 14.1. The first-order valence-electron chi connectivity index (χ1n) is 9.02. The van der Waals surface area contributed by atoms with Crippen LogP contribution in [0.15, 0.2) is 47.4 Å². The van der Waals surface area contributed by atoms with Crippen LogP contribution < -0.4 is 10.1 Å². The molecule has 0 aliphatic carbocycles. The average molecular weight is 514 g/mol. The highest BCUT2D eigenvalue weighted by Gasteiger charge is 2.33. The summed E-state index contributed by atoms with van der Waals surface area (Å²) in [4.78, 5) is 13.0. The van der Waals surface area contributed by atoms with E-state index < -0.39 is 10.0 Å². The van der Waals surface area contributed by atoms with Crippen LogP contribution in [0.4, 0.5) is 5.69 Å². The predicted octanol–water partition coefficient (Wildman–Crippen LogP) is 3.65. The molecule has 1 unspecified atom stereocenters. The molecule has 3 rings (SSSR count). The molecule has 6 nitrogen and oxygen atoms in total. The van der Waals surface area contributed by atoms with E-state index in [1.807, 2.05) is 25.1 Å². The third-order valence-corrected chi connectivity index (χ3v) is 7.45. The van der Waals surface area contributed by atoms with Crippen molar-refractivity contribution in [3.63, 3.8) is 0 Å². The summed E-state index contributed by atoms with van der Waals surface area (Å²) in [7, 11) is -2.11. The zero-order valence-corrected chi connectivity index (χ0v) is 18.8. The fraction of sp³-hybridized carbons (Fsp3) is 0.350. The van der Waals surface area contributed by atoms with E-state index in [1.165, 1.54) is 23.5 Å². The summed E-state index contributed by atoms with van der Waals surface area (Å²) >= 11 is 2.23. The first kappa shape index (κ1) is 21.1. The molecule has 8 heteroatoms. The molecule has 0 aromatic heterocycles. The van der Waals surface area contributed by atoms with Gasteiger partial charge in [0.1, 0.15) is 5.75 Å². The van der Waals surface area contributed by atoms with Gasteiger partial charge in [-0.2, -0.15) is 4.31 Å². The molecule has 1 atom stereocenters. The fourth-order valence-electron chi connectivity index (χ4n) is 3.27. The normalized spacial score (nSPS) is 17.9. The van der Waals surface area contributed by atoms with Crippen molar-refractivity contribution in [3.05, 3.63) is 51.6 Å². The van der Waals surface area contributed by atoms with Crippen LogP contribution in [0, 0.1) is 16.4 Å². The van der Waals surface area contributed by atoms with Gasteiger partial charge in [0.2, 0.25) is 15.9 Å². The van der Waals surface area contributed by atoms with Crippen LogP contribution in [0.5, 0.6) is 5.75 Å². The molecule has 0 saturated carbocycles. The molecule has 0 bridgehead atoms. The van der Waals surface area contributed by atoms with Crippen molar-refractivity contribution in [1.29, 1.82) is 0 Å². The minimum absolute atomic E-state index is 0.140. The lowest BCUT2D eigenvalue weighted by Crippen LogP contribution is -2.43. The summed E-state index contributed by atoms with van der Waals surface area (Å²) in [6.07, 6.45) is 1.32. The number of benzene rings is 2. The maximum Gasteiger partial charge on any atom is 0.243 e. The van der Waals surface area contributed by atoms with E-state index in [0.717, 1.165) is 14.8 Å². The molecule has 1 aliphatic rings. The third-order valence-electron chi connectivity index (χ3n) is 4.90. The number of carbonyl (C=O) groups excluding carboxylic acids is 1. The molecule has 0 spiro atoms. The van der Waals surface area contributed by atoms with E-state index in [2.05, 4.69) is 27.9 Å². The van der Waals surface area contributed by atoms with Gasteiger partial charge in [0.15, 0.2) is 0 Å². The van der Waals surface area contributed by atoms with Crippen molar-refractivity contribution < 1.29 is 17.9 Å². The largest absolute Gasteiger partial charge is 0.497 e. The Labute approximate surface area is 179 Å². The molecule has 1 amide bonds. The van der Waals surface area contributed by atoms with Crippen LogP contribution in [0.2, 0.25) is 0 Å². The maximum absolute atomic E-state index is 13.0. The standard InChI is InChI=1S/C20H23IN2O4S/c1-14-12-16(21)5-10-19(14)22-20(24)15-4-3-11-23(13-15)28(25,26)18-8-6-17(27-2)7-9-18/h5-10,12,15H,3-4,11,13H2,1-2H3,(H,22,24). The number of nitrogens with one attached hydrogen (secondary N) is 1. The van der Waals surface area contributed by atoms with Crippen molar-refractivity contribution in [2.75, 3.05) is 25.5 Å². The quantitative estimate of drug-likeness (QED) is 0.619. The predicted molar refractivity (Wildman–Crippen MR) is 117 cm³/mol. The second kappa shape index (κ2) is 8.79. The maximum atomic E-state index is 13.0. The van der Waals surface area contributed by atoms with Crippen molar-refractivity contribution in [3.8, 4) is 5.75 Å². The van der Waals surface area contributed by atoms with Gasteiger partial charge < -0.3 is 10.1 Å². The van der Waals surface area contributed by atoms with Gasteiger partial charge in [-0.25, -0.2) is 8.42 Å². The number of amides is 1. The Morgan fingerprint density at radius 3 is 2.57 bits per heavy atom. The van der Waals surface area contributed by atoms with Gasteiger partial charge in [-0.1, -0.05) is 0 Å². The van der Waals surface area contributed by atoms with Crippen LogP contribution in [0.1, 0.15) is 18.4 Å². The Kier molecular flexibility index (Phi) is 6.61. The molecule has 150 valence electrons. The highest BCUT2D eigenvalue weighted by Crippen LogP contribution is 2.26. The zero-order valence-electron chi connectivity index (χ0n) is 15.8. The lowest BCUT2D eigenvalue weighted by molar-refractivity contribution is -0.120. The Morgan fingerprint density at radius 1 is 1.21 bits per heavy atom. The summed E-state index contributed by atoms with van der Waals surface area (Å²) in [5.41, 5.74) is 1.75. The van der Waals surface area contributed by atoms with Gasteiger partial charge in [-0.05, 0) is 90.4 Å². The molecular weight excluding hydrogens is 491 g/mol. The SMILES string of the molecule is COc1ccc(S(=O)(=O)N2CCCC(C(=O)Nc3ccc(I)cc3C)C2)cc1. The number of hydrogen-bond acceptors (Lipinski definition) is 4. The van der Waals surface area contributed by atoms with Crippen LogP contribution in [-0.4, -0.2) is 38.8 Å². The Balaban J connectivity index is 1.72. The molecule has 0 radical (unpaired) electrons. The van der Waals surface area contributed by atoms with Crippen LogP contribution in [-0.2, 0) is 14.8 Å². The minimum Gasteiger partial charge on any atom is -0.497 e. The number of nitrogens with zero attached hydrogens (tertiary/aromatic N) is 1. The Morgan fingerprint density at radius 2 is 1.93 bits per heavy atom. The van der Waals surface area contributed by atoms with E-state index in [1.54, 1.807) is 12.1 Å². The van der Waals surface area contributed by atoms with Crippen LogP contribution in [0.3, 0.4) is 0 Å². The summed E-state index contributed by atoms with van der Waals surface area (Å²) in [6.45, 7) is 2.55. The van der Waals surface area contributed by atoms with Gasteiger partial charge in [0.25, 0.3) is 0 Å². The second-order valence-electron chi connectivity index (χ2n) is 6.83. The molecule has 1 N–H and O–H groups in total. The van der Waals surface area contributed by atoms with Crippen LogP contribution in [0.25, 0.3) is 0 Å². The molecular formula is C20H23IN2O4S. The number of halogens is 1. The van der Waals surface area contributed by atoms with Crippen molar-refractivity contribution in [2.24, 2.45) is 5.92 Å². The van der Waals surface area contributed by atoms with E-state index in [0.29, 0.717) is 25.1 Å². The lowest BCUT2D eigenvalue weighted by Gasteiger charge is -2.31. The van der Waals surface area contributed by atoms with Crippen molar-refractivity contribution in [1.82, 2.24) is 4.31 Å². The number of piperidine rings is 1. The fourth-order valence-corrected chi connectivity index (χ4v) is 5.44. The number of hydrogen-bond donors (Lipinski definition) is 1. The van der Waals surface area contributed by atoms with E-state index in [4.69, 9.17) is 4.74 Å². The van der Waals surface area contributed by atoms with Gasteiger partial charge in [0.05, 0.1) is 17.9 Å². The van der Waals surface area contributed by atoms with Gasteiger partial charge >= 0.3 is 0 Å². The lowest BCUT2D eigenvalue weighted by atomic mass is 9.98. The average Bonchev–Trinajstić information content (AvgIpc) is 2.70. The third kappa shape index (κ3) is 4.66. The zero-order chi connectivity index (χ0) is 20.3. The highest BCUT2D eigenvalue weighted by atomic mass is 127. The number of methoxy groups -OCH3 is 1. The molecule has 2 aromatic rings. The summed E-state index contributed by atoms with van der Waals surface area (Å²) in [5, 5.41) is 2.95. The Bertz CT molecular complexity index is 961. The number of sulfonamides is 1. The smallest absolute Gasteiger partial charge is 0.243 e. The van der Waals surface area contributed by atoms with E-state index in [9.17, 15) is 13.2 Å². The number of carbonyl (C=O) groups is 1. The summed E-state index contributed by atoms with van der Waals surface area (Å²) < 4.78 is 33.5. The summed E-state index contributed by atoms with van der Waals surface area (Å²) in [6, 6.07) is 12.1. The number of anilines is 1. The van der Waals surface area contributed by atoms with Gasteiger partial charge in [-0.15, -0.1) is 0 Å². The molecule has 1 heterocycles. The Hall–Kier alpha value is -1.65. The molecule has 1 saturated heterocycles. The van der Waals surface area contributed by atoms with Crippen molar-refractivity contribution >= 4 is 44.2 Å². The first-order chi connectivity index (χ1) is 13.3. The monoisotopic (exact) mass is 514 g/mol. The second-order valence-corrected chi connectivity index (χ2v) is 10.0. The van der Waals surface area contributed by atoms with E-state index >= 15 is 0 Å².